The van der Waals surface area contributed by atoms with E-state index in [-0.39, 0.29) is 17.5 Å². The zero-order chi connectivity index (χ0) is 15.9. The number of carboxylic acid groups (broad SMARTS) is 1. The van der Waals surface area contributed by atoms with Gasteiger partial charge in [0.05, 0.1) is 5.56 Å². The Balaban J connectivity index is 1.76. The molecule has 0 fully saturated rings. The Labute approximate surface area is 133 Å². The second kappa shape index (κ2) is 7.75. The largest absolute Gasteiger partial charge is 0.478 e. The van der Waals surface area contributed by atoms with Crippen molar-refractivity contribution in [2.24, 2.45) is 0 Å². The van der Waals surface area contributed by atoms with E-state index >= 15 is 0 Å². The summed E-state index contributed by atoms with van der Waals surface area (Å²) in [4.78, 5) is 24.0. The number of carbonyl (C=O) groups excluding carboxylic acids is 1. The Morgan fingerprint density at radius 1 is 1.23 bits per heavy atom. The molecule has 2 rings (SSSR count). The molecule has 0 saturated heterocycles. The number of benzene rings is 1. The van der Waals surface area contributed by atoms with Crippen LogP contribution in [-0.2, 0) is 17.6 Å². The number of nitrogens with one attached hydrogen (secondary N) is 1. The van der Waals surface area contributed by atoms with Crippen molar-refractivity contribution in [1.29, 1.82) is 0 Å². The average Bonchev–Trinajstić information content (AvgIpc) is 2.98. The van der Waals surface area contributed by atoms with Crippen LogP contribution in [0.15, 0.2) is 41.8 Å². The highest BCUT2D eigenvalue weighted by molar-refractivity contribution is 7.09. The number of amides is 1. The molecule has 1 heterocycles. The lowest BCUT2D eigenvalue weighted by molar-refractivity contribution is -0.121. The summed E-state index contributed by atoms with van der Waals surface area (Å²) in [6.07, 6.45) is 1.86. The third kappa shape index (κ3) is 5.00. The first-order chi connectivity index (χ1) is 10.5. The summed E-state index contributed by atoms with van der Waals surface area (Å²) in [5.41, 5.74) is 1.23. The van der Waals surface area contributed by atoms with Gasteiger partial charge in [0.1, 0.15) is 0 Å². The molecule has 1 aromatic carbocycles. The molecule has 2 N–H and O–H groups in total. The number of aryl methyl sites for hydroxylation is 1. The number of rotatable bonds is 7. The normalized spacial score (nSPS) is 11.9. The zero-order valence-electron chi connectivity index (χ0n) is 12.4. The molecule has 2 aromatic rings. The first-order valence-electron chi connectivity index (χ1n) is 7.18. The van der Waals surface area contributed by atoms with E-state index in [1.807, 2.05) is 18.4 Å². The van der Waals surface area contributed by atoms with Crippen LogP contribution in [0.25, 0.3) is 0 Å². The lowest BCUT2D eigenvalue weighted by Gasteiger charge is -2.13. The Kier molecular flexibility index (Phi) is 5.72. The maximum atomic E-state index is 11.9. The second-order valence-corrected chi connectivity index (χ2v) is 6.29. The van der Waals surface area contributed by atoms with Crippen molar-refractivity contribution >= 4 is 23.2 Å². The molecule has 22 heavy (non-hydrogen) atoms. The summed E-state index contributed by atoms with van der Waals surface area (Å²) in [7, 11) is 0. The fourth-order valence-corrected chi connectivity index (χ4v) is 3.04. The third-order valence-electron chi connectivity index (χ3n) is 3.34. The lowest BCUT2D eigenvalue weighted by Crippen LogP contribution is -2.34. The second-order valence-electron chi connectivity index (χ2n) is 5.25. The van der Waals surface area contributed by atoms with Crippen molar-refractivity contribution in [2.45, 2.75) is 32.2 Å². The van der Waals surface area contributed by atoms with Crippen LogP contribution in [0.5, 0.6) is 0 Å². The summed E-state index contributed by atoms with van der Waals surface area (Å²) in [6, 6.07) is 10.8. The molecule has 1 amide bonds. The molecule has 0 aliphatic heterocycles. The number of carbonyl (C=O) groups is 2. The van der Waals surface area contributed by atoms with Gasteiger partial charge in [-0.2, -0.15) is 0 Å². The number of thiophene rings is 1. The molecule has 1 unspecified atom stereocenters. The predicted molar refractivity (Wildman–Crippen MR) is 87.4 cm³/mol. The number of hydrogen-bond acceptors (Lipinski definition) is 3. The minimum absolute atomic E-state index is 0.0198. The van der Waals surface area contributed by atoms with E-state index in [0.717, 1.165) is 12.0 Å². The number of aromatic carboxylic acids is 1. The van der Waals surface area contributed by atoms with Crippen LogP contribution < -0.4 is 5.32 Å². The van der Waals surface area contributed by atoms with Crippen molar-refractivity contribution in [3.63, 3.8) is 0 Å². The van der Waals surface area contributed by atoms with Gasteiger partial charge in [-0.3, -0.25) is 4.79 Å². The van der Waals surface area contributed by atoms with Crippen LogP contribution >= 0.6 is 11.3 Å². The van der Waals surface area contributed by atoms with Crippen LogP contribution in [-0.4, -0.2) is 23.0 Å². The van der Waals surface area contributed by atoms with Gasteiger partial charge in [0, 0.05) is 23.8 Å². The van der Waals surface area contributed by atoms with Crippen molar-refractivity contribution in [3.05, 3.63) is 57.8 Å². The van der Waals surface area contributed by atoms with Crippen LogP contribution in [0.1, 0.15) is 34.1 Å². The van der Waals surface area contributed by atoms with Crippen molar-refractivity contribution in [1.82, 2.24) is 5.32 Å². The number of hydrogen-bond donors (Lipinski definition) is 2. The summed E-state index contributed by atoms with van der Waals surface area (Å²) in [6.45, 7) is 2.00. The van der Waals surface area contributed by atoms with E-state index in [4.69, 9.17) is 5.11 Å². The molecule has 1 aromatic heterocycles. The Bertz CT molecular complexity index is 620. The first-order valence-corrected chi connectivity index (χ1v) is 8.06. The SMILES string of the molecule is CC(Cc1cccs1)NC(=O)CCc1ccc(C(=O)O)cc1. The molecule has 4 nitrogen and oxygen atoms in total. The van der Waals surface area contributed by atoms with Crippen LogP contribution in [0.2, 0.25) is 0 Å². The summed E-state index contributed by atoms with van der Waals surface area (Å²) in [5, 5.41) is 13.9. The van der Waals surface area contributed by atoms with E-state index < -0.39 is 5.97 Å². The van der Waals surface area contributed by atoms with Crippen LogP contribution in [0.4, 0.5) is 0 Å². The van der Waals surface area contributed by atoms with Gasteiger partial charge in [0.25, 0.3) is 0 Å². The van der Waals surface area contributed by atoms with Gasteiger partial charge in [-0.25, -0.2) is 4.79 Å². The van der Waals surface area contributed by atoms with Crippen LogP contribution in [0.3, 0.4) is 0 Å². The molecule has 0 aliphatic carbocycles. The van der Waals surface area contributed by atoms with Crippen LogP contribution in [0, 0.1) is 0 Å². The van der Waals surface area contributed by atoms with E-state index in [1.165, 1.54) is 4.88 Å². The summed E-state index contributed by atoms with van der Waals surface area (Å²) >= 11 is 1.69. The molecule has 5 heteroatoms. The molecule has 0 aliphatic rings. The molecular formula is C17H19NO3S. The maximum absolute atomic E-state index is 11.9. The highest BCUT2D eigenvalue weighted by Gasteiger charge is 2.09. The van der Waals surface area contributed by atoms with Gasteiger partial charge in [0.2, 0.25) is 5.91 Å². The van der Waals surface area contributed by atoms with E-state index in [2.05, 4.69) is 11.4 Å². The molecular weight excluding hydrogens is 298 g/mol. The smallest absolute Gasteiger partial charge is 0.335 e. The molecule has 0 saturated carbocycles. The number of carboxylic acids is 1. The Hall–Kier alpha value is -2.14. The van der Waals surface area contributed by atoms with Gasteiger partial charge >= 0.3 is 5.97 Å². The topological polar surface area (TPSA) is 66.4 Å². The van der Waals surface area contributed by atoms with E-state index in [1.54, 1.807) is 35.6 Å². The summed E-state index contributed by atoms with van der Waals surface area (Å²) < 4.78 is 0. The maximum Gasteiger partial charge on any atom is 0.335 e. The van der Waals surface area contributed by atoms with Gasteiger partial charge in [-0.1, -0.05) is 18.2 Å². The van der Waals surface area contributed by atoms with Crippen molar-refractivity contribution < 1.29 is 14.7 Å². The van der Waals surface area contributed by atoms with E-state index in [9.17, 15) is 9.59 Å². The van der Waals surface area contributed by atoms with Gasteiger partial charge in [0.15, 0.2) is 0 Å². The lowest BCUT2D eigenvalue weighted by atomic mass is 10.1. The van der Waals surface area contributed by atoms with Gasteiger partial charge in [-0.05, 0) is 42.5 Å². The first kappa shape index (κ1) is 16.2. The average molecular weight is 317 g/mol. The Morgan fingerprint density at radius 3 is 2.55 bits per heavy atom. The Morgan fingerprint density at radius 2 is 1.95 bits per heavy atom. The monoisotopic (exact) mass is 317 g/mol. The summed E-state index contributed by atoms with van der Waals surface area (Å²) in [5.74, 6) is -0.918. The van der Waals surface area contributed by atoms with Crippen molar-refractivity contribution in [3.8, 4) is 0 Å². The highest BCUT2D eigenvalue weighted by Crippen LogP contribution is 2.11. The van der Waals surface area contributed by atoms with Crippen molar-refractivity contribution in [2.75, 3.05) is 0 Å². The molecule has 0 spiro atoms. The third-order valence-corrected chi connectivity index (χ3v) is 4.24. The molecule has 1 atom stereocenters. The molecule has 0 radical (unpaired) electrons. The highest BCUT2D eigenvalue weighted by atomic mass is 32.1. The zero-order valence-corrected chi connectivity index (χ0v) is 13.2. The quantitative estimate of drug-likeness (QED) is 0.824. The standard InChI is InChI=1S/C17H19NO3S/c1-12(11-15-3-2-10-22-15)18-16(19)9-6-13-4-7-14(8-5-13)17(20)21/h2-5,7-8,10,12H,6,9,11H2,1H3,(H,18,19)(H,20,21). The van der Waals surface area contributed by atoms with Gasteiger partial charge in [-0.15, -0.1) is 11.3 Å². The minimum atomic E-state index is -0.938. The minimum Gasteiger partial charge on any atom is -0.478 e. The fraction of sp³-hybridized carbons (Fsp3) is 0.294. The predicted octanol–water partition coefficient (Wildman–Crippen LogP) is 3.13. The fourth-order valence-electron chi connectivity index (χ4n) is 2.20. The molecule has 116 valence electrons. The molecule has 0 bridgehead atoms. The van der Waals surface area contributed by atoms with E-state index in [0.29, 0.717) is 12.8 Å². The van der Waals surface area contributed by atoms with Gasteiger partial charge < -0.3 is 10.4 Å².